The maximum absolute atomic E-state index is 11.7. The van der Waals surface area contributed by atoms with Crippen LogP contribution in [-0.4, -0.2) is 41.1 Å². The van der Waals surface area contributed by atoms with Crippen molar-refractivity contribution in [1.29, 1.82) is 0 Å². The lowest BCUT2D eigenvalue weighted by Crippen LogP contribution is -2.43. The van der Waals surface area contributed by atoms with Crippen LogP contribution in [0.1, 0.15) is 6.92 Å². The van der Waals surface area contributed by atoms with Gasteiger partial charge in [0.15, 0.2) is 5.88 Å². The average Bonchev–Trinajstić information content (AvgIpc) is 2.80. The average molecular weight is 259 g/mol. The summed E-state index contributed by atoms with van der Waals surface area (Å²) in [6.07, 6.45) is 0. The highest BCUT2D eigenvalue weighted by Gasteiger charge is 2.20. The molecule has 1 fully saturated rings. The highest BCUT2D eigenvalue weighted by Crippen LogP contribution is 2.21. The number of nitrogens with zero attached hydrogens (tertiary/aromatic N) is 1. The molecule has 2 rings (SSSR count). The second-order valence-electron chi connectivity index (χ2n) is 3.83. The lowest BCUT2D eigenvalue weighted by Gasteiger charge is -2.26. The summed E-state index contributed by atoms with van der Waals surface area (Å²) >= 11 is 0. The number of sulfonamides is 1. The number of piperazine rings is 1. The molecule has 96 valence electrons. The Kier molecular flexibility index (Phi) is 3.70. The first-order chi connectivity index (χ1) is 8.13. The van der Waals surface area contributed by atoms with Crippen LogP contribution in [0, 0.1) is 0 Å². The molecule has 0 spiro atoms. The fraction of sp³-hybridized carbons (Fsp3) is 0.600. The van der Waals surface area contributed by atoms with E-state index in [4.69, 9.17) is 4.42 Å². The Morgan fingerprint density at radius 2 is 2.12 bits per heavy atom. The zero-order chi connectivity index (χ0) is 12.3. The Bertz CT molecular complexity index is 463. The number of hydrogen-bond donors (Lipinski definition) is 2. The van der Waals surface area contributed by atoms with Crippen LogP contribution in [0.15, 0.2) is 21.6 Å². The molecule has 0 aliphatic carbocycles. The van der Waals surface area contributed by atoms with E-state index in [-0.39, 0.29) is 5.09 Å². The normalized spacial score (nSPS) is 17.4. The van der Waals surface area contributed by atoms with E-state index in [0.717, 1.165) is 26.2 Å². The van der Waals surface area contributed by atoms with Crippen molar-refractivity contribution in [1.82, 2.24) is 10.0 Å². The van der Waals surface area contributed by atoms with Gasteiger partial charge in [0.25, 0.3) is 10.0 Å². The summed E-state index contributed by atoms with van der Waals surface area (Å²) in [5, 5.41) is 3.21. The fourth-order valence-corrected chi connectivity index (χ4v) is 2.74. The highest BCUT2D eigenvalue weighted by atomic mass is 32.2. The molecule has 1 aliphatic rings. The number of anilines is 1. The van der Waals surface area contributed by atoms with Gasteiger partial charge in [0.2, 0.25) is 5.09 Å². The van der Waals surface area contributed by atoms with E-state index < -0.39 is 10.0 Å². The van der Waals surface area contributed by atoms with Gasteiger partial charge >= 0.3 is 0 Å². The molecule has 6 nitrogen and oxygen atoms in total. The van der Waals surface area contributed by atoms with Crippen molar-refractivity contribution in [2.24, 2.45) is 0 Å². The molecule has 17 heavy (non-hydrogen) atoms. The van der Waals surface area contributed by atoms with Gasteiger partial charge in [-0.3, -0.25) is 0 Å². The van der Waals surface area contributed by atoms with E-state index >= 15 is 0 Å². The quantitative estimate of drug-likeness (QED) is 0.795. The van der Waals surface area contributed by atoms with E-state index in [0.29, 0.717) is 12.4 Å². The Morgan fingerprint density at radius 1 is 1.41 bits per heavy atom. The Hall–Kier alpha value is -1.05. The molecular formula is C10H17N3O3S. The number of hydrogen-bond acceptors (Lipinski definition) is 5. The van der Waals surface area contributed by atoms with E-state index in [9.17, 15) is 8.42 Å². The van der Waals surface area contributed by atoms with Crippen molar-refractivity contribution >= 4 is 15.9 Å². The van der Waals surface area contributed by atoms with Crippen LogP contribution in [-0.2, 0) is 10.0 Å². The van der Waals surface area contributed by atoms with Gasteiger partial charge in [-0.25, -0.2) is 13.1 Å². The minimum atomic E-state index is -3.49. The predicted octanol–water partition coefficient (Wildman–Crippen LogP) is -0.0126. The summed E-state index contributed by atoms with van der Waals surface area (Å²) in [6.45, 7) is 5.51. The summed E-state index contributed by atoms with van der Waals surface area (Å²) in [4.78, 5) is 2.03. The molecule has 0 radical (unpaired) electrons. The van der Waals surface area contributed by atoms with E-state index in [2.05, 4.69) is 10.0 Å². The van der Waals surface area contributed by atoms with Gasteiger partial charge in [-0.15, -0.1) is 0 Å². The fourth-order valence-electron chi connectivity index (χ4n) is 1.77. The Balaban J connectivity index is 2.15. The van der Waals surface area contributed by atoms with Gasteiger partial charge in [0.1, 0.15) is 0 Å². The largest absolute Gasteiger partial charge is 0.428 e. The second-order valence-corrected chi connectivity index (χ2v) is 5.53. The highest BCUT2D eigenvalue weighted by molar-refractivity contribution is 7.89. The van der Waals surface area contributed by atoms with Gasteiger partial charge in [0.05, 0.1) is 0 Å². The summed E-state index contributed by atoms with van der Waals surface area (Å²) in [7, 11) is -3.49. The summed E-state index contributed by atoms with van der Waals surface area (Å²) in [6, 6.07) is 3.20. The molecule has 0 amide bonds. The first kappa shape index (κ1) is 12.4. The Labute approximate surface area is 101 Å². The van der Waals surface area contributed by atoms with Crippen molar-refractivity contribution in [3.63, 3.8) is 0 Å². The topological polar surface area (TPSA) is 74.6 Å². The van der Waals surface area contributed by atoms with Crippen molar-refractivity contribution in [3.05, 3.63) is 12.1 Å². The van der Waals surface area contributed by atoms with Crippen LogP contribution in [0.3, 0.4) is 0 Å². The molecule has 2 N–H and O–H groups in total. The summed E-state index contributed by atoms with van der Waals surface area (Å²) in [5.74, 6) is 0.614. The van der Waals surface area contributed by atoms with Crippen LogP contribution in [0.4, 0.5) is 5.88 Å². The molecule has 2 heterocycles. The predicted molar refractivity (Wildman–Crippen MR) is 64.7 cm³/mol. The van der Waals surface area contributed by atoms with Crippen LogP contribution < -0.4 is 14.9 Å². The molecule has 1 aromatic rings. The maximum atomic E-state index is 11.7. The monoisotopic (exact) mass is 259 g/mol. The zero-order valence-electron chi connectivity index (χ0n) is 9.77. The van der Waals surface area contributed by atoms with Crippen molar-refractivity contribution in [3.8, 4) is 0 Å². The first-order valence-electron chi connectivity index (χ1n) is 5.68. The molecule has 0 bridgehead atoms. The van der Waals surface area contributed by atoms with Crippen molar-refractivity contribution in [2.45, 2.75) is 12.0 Å². The molecule has 0 atom stereocenters. The SMILES string of the molecule is CCNS(=O)(=O)c1ccc(N2CCNCC2)o1. The first-order valence-corrected chi connectivity index (χ1v) is 7.17. The van der Waals surface area contributed by atoms with Crippen LogP contribution >= 0.6 is 0 Å². The zero-order valence-corrected chi connectivity index (χ0v) is 10.6. The van der Waals surface area contributed by atoms with E-state index in [1.54, 1.807) is 13.0 Å². The smallest absolute Gasteiger partial charge is 0.274 e. The summed E-state index contributed by atoms with van der Waals surface area (Å²) < 4.78 is 31.2. The summed E-state index contributed by atoms with van der Waals surface area (Å²) in [5.41, 5.74) is 0. The van der Waals surface area contributed by atoms with Crippen LogP contribution in [0.25, 0.3) is 0 Å². The number of rotatable bonds is 4. The molecule has 7 heteroatoms. The van der Waals surface area contributed by atoms with Gasteiger partial charge in [-0.05, 0) is 6.07 Å². The molecule has 0 unspecified atom stereocenters. The molecule has 1 aromatic heterocycles. The molecular weight excluding hydrogens is 242 g/mol. The van der Waals surface area contributed by atoms with Gasteiger partial charge < -0.3 is 14.6 Å². The van der Waals surface area contributed by atoms with E-state index in [1.165, 1.54) is 6.07 Å². The minimum Gasteiger partial charge on any atom is -0.428 e. The third-order valence-corrected chi connectivity index (χ3v) is 4.01. The van der Waals surface area contributed by atoms with Crippen molar-refractivity contribution in [2.75, 3.05) is 37.6 Å². The molecule has 0 aromatic carbocycles. The number of furan rings is 1. The molecule has 1 aliphatic heterocycles. The van der Waals surface area contributed by atoms with Crippen LogP contribution in [0.5, 0.6) is 0 Å². The van der Waals surface area contributed by atoms with Crippen LogP contribution in [0.2, 0.25) is 0 Å². The minimum absolute atomic E-state index is 0.0205. The number of nitrogens with one attached hydrogen (secondary N) is 2. The standard InChI is InChI=1S/C10H17N3O3S/c1-2-12-17(14,15)10-4-3-9(16-10)13-7-5-11-6-8-13/h3-4,11-12H,2,5-8H2,1H3. The van der Waals surface area contributed by atoms with E-state index in [1.807, 2.05) is 4.90 Å². The maximum Gasteiger partial charge on any atom is 0.274 e. The second kappa shape index (κ2) is 5.07. The molecule has 0 saturated carbocycles. The van der Waals surface area contributed by atoms with Crippen molar-refractivity contribution < 1.29 is 12.8 Å². The Morgan fingerprint density at radius 3 is 2.76 bits per heavy atom. The van der Waals surface area contributed by atoms with Gasteiger partial charge in [-0.2, -0.15) is 0 Å². The molecule has 1 saturated heterocycles. The third-order valence-electron chi connectivity index (χ3n) is 2.60. The third kappa shape index (κ3) is 2.80. The van der Waals surface area contributed by atoms with Gasteiger partial charge in [0, 0.05) is 38.8 Å². The lowest BCUT2D eigenvalue weighted by molar-refractivity contribution is 0.431. The lowest BCUT2D eigenvalue weighted by atomic mass is 10.4. The van der Waals surface area contributed by atoms with Gasteiger partial charge in [-0.1, -0.05) is 6.92 Å².